The van der Waals surface area contributed by atoms with Gasteiger partial charge in [-0.1, -0.05) is 31.5 Å². The van der Waals surface area contributed by atoms with Gasteiger partial charge in [0.1, 0.15) is 0 Å². The Balaban J connectivity index is 1.58. The van der Waals surface area contributed by atoms with Gasteiger partial charge in [-0.05, 0) is 55.4 Å². The van der Waals surface area contributed by atoms with Crippen LogP contribution in [-0.2, 0) is 28.7 Å². The van der Waals surface area contributed by atoms with Gasteiger partial charge in [0.05, 0.1) is 19.8 Å². The highest BCUT2D eigenvalue weighted by Gasteiger charge is 2.36. The molecular weight excluding hydrogens is 443 g/mol. The first-order valence-corrected chi connectivity index (χ1v) is 11.3. The van der Waals surface area contributed by atoms with Crippen molar-refractivity contribution in [2.75, 3.05) is 19.8 Å². The van der Waals surface area contributed by atoms with Crippen LogP contribution in [0.5, 0.6) is 5.75 Å². The molecule has 1 saturated heterocycles. The number of hydrogen-bond donors (Lipinski definition) is 0. The van der Waals surface area contributed by atoms with Crippen molar-refractivity contribution >= 4 is 0 Å². The van der Waals surface area contributed by atoms with Gasteiger partial charge in [0.15, 0.2) is 35.2 Å². The number of alkyl halides is 1. The van der Waals surface area contributed by atoms with Crippen molar-refractivity contribution in [3.05, 3.63) is 64.2 Å². The molecule has 2 aromatic rings. The predicted molar refractivity (Wildman–Crippen MR) is 114 cm³/mol. The highest BCUT2D eigenvalue weighted by atomic mass is 19.2. The fourth-order valence-electron chi connectivity index (χ4n) is 3.92. The molecule has 0 aliphatic carbocycles. The molecule has 2 aromatic carbocycles. The zero-order valence-corrected chi connectivity index (χ0v) is 18.9. The average molecular weight is 472 g/mol. The lowest BCUT2D eigenvalue weighted by Gasteiger charge is -2.34. The van der Waals surface area contributed by atoms with Crippen molar-refractivity contribution in [2.24, 2.45) is 0 Å². The molecule has 0 atom stereocenters. The molecule has 0 spiro atoms. The first kappa shape index (κ1) is 25.4. The minimum Gasteiger partial charge on any atom is -0.491 e. The van der Waals surface area contributed by atoms with Crippen LogP contribution in [0, 0.1) is 23.3 Å². The van der Waals surface area contributed by atoms with Crippen LogP contribution in [0.3, 0.4) is 0 Å². The summed E-state index contributed by atoms with van der Waals surface area (Å²) in [6.07, 6.45) is 0.744. The van der Waals surface area contributed by atoms with Crippen LogP contribution < -0.4 is 4.74 Å². The Hall–Kier alpha value is -2.19. The van der Waals surface area contributed by atoms with Crippen molar-refractivity contribution in [1.82, 2.24) is 0 Å². The smallest absolute Gasteiger partial charge is 0.200 e. The first-order valence-electron chi connectivity index (χ1n) is 11.3. The molecule has 0 radical (unpaired) electrons. The van der Waals surface area contributed by atoms with E-state index >= 15 is 0 Å². The molecule has 0 saturated carbocycles. The molecule has 182 valence electrons. The van der Waals surface area contributed by atoms with Crippen LogP contribution in [0.15, 0.2) is 24.3 Å². The van der Waals surface area contributed by atoms with Gasteiger partial charge in [-0.3, -0.25) is 0 Å². The number of benzene rings is 2. The second-order valence-electron chi connectivity index (χ2n) is 8.29. The molecule has 1 fully saturated rings. The second kappa shape index (κ2) is 11.3. The number of ether oxygens (including phenoxy) is 3. The molecule has 0 aromatic heterocycles. The molecule has 3 rings (SSSR count). The summed E-state index contributed by atoms with van der Waals surface area (Å²) in [5.74, 6) is -4.35. The molecule has 0 bridgehead atoms. The molecule has 1 aliphatic rings. The third-order valence-corrected chi connectivity index (χ3v) is 5.74. The van der Waals surface area contributed by atoms with E-state index in [-0.39, 0.29) is 67.9 Å². The molecule has 1 heterocycles. The van der Waals surface area contributed by atoms with E-state index in [1.165, 1.54) is 24.3 Å². The summed E-state index contributed by atoms with van der Waals surface area (Å²) in [5, 5.41) is 0. The summed E-state index contributed by atoms with van der Waals surface area (Å²) in [4.78, 5) is 0. The SMILES string of the molecule is CCCC1(F)COC(CCc2ccc(CCc3ccc(OCC)c(F)c3F)c(F)c2F)OC1. The Kier molecular flexibility index (Phi) is 8.70. The average Bonchev–Trinajstić information content (AvgIpc) is 2.80. The Labute approximate surface area is 190 Å². The lowest BCUT2D eigenvalue weighted by atomic mass is 9.99. The van der Waals surface area contributed by atoms with Gasteiger partial charge in [0.2, 0.25) is 5.82 Å². The minimum absolute atomic E-state index is 0.00175. The molecule has 3 nitrogen and oxygen atoms in total. The van der Waals surface area contributed by atoms with E-state index in [0.29, 0.717) is 12.8 Å². The van der Waals surface area contributed by atoms with Gasteiger partial charge >= 0.3 is 0 Å². The molecule has 8 heteroatoms. The number of hydrogen-bond acceptors (Lipinski definition) is 3. The monoisotopic (exact) mass is 472 g/mol. The van der Waals surface area contributed by atoms with E-state index in [2.05, 4.69) is 0 Å². The minimum atomic E-state index is -1.50. The standard InChI is InChI=1S/C25H29F5O3/c1-3-13-25(30)14-32-20(33-15-25)12-10-18-8-6-16(21(26)22(18)27)5-7-17-9-11-19(31-4-2)24(29)23(17)28/h6,8-9,11,20H,3-5,7,10,12-15H2,1-2H3. The Morgan fingerprint density at radius 1 is 0.818 bits per heavy atom. The highest BCUT2D eigenvalue weighted by molar-refractivity contribution is 5.33. The molecule has 0 unspecified atom stereocenters. The Morgan fingerprint density at radius 3 is 1.88 bits per heavy atom. The van der Waals surface area contributed by atoms with Crippen molar-refractivity contribution in [3.8, 4) is 5.75 Å². The van der Waals surface area contributed by atoms with Gasteiger partial charge in [-0.2, -0.15) is 4.39 Å². The van der Waals surface area contributed by atoms with Crippen molar-refractivity contribution < 1.29 is 36.2 Å². The maximum atomic E-state index is 14.6. The van der Waals surface area contributed by atoms with E-state index in [4.69, 9.17) is 14.2 Å². The summed E-state index contributed by atoms with van der Waals surface area (Å²) in [6, 6.07) is 5.60. The van der Waals surface area contributed by atoms with Crippen LogP contribution in [0.4, 0.5) is 22.0 Å². The topological polar surface area (TPSA) is 27.7 Å². The zero-order chi connectivity index (χ0) is 24.0. The maximum absolute atomic E-state index is 14.6. The van der Waals surface area contributed by atoms with Crippen LogP contribution in [0.1, 0.15) is 49.8 Å². The lowest BCUT2D eigenvalue weighted by Crippen LogP contribution is -2.44. The summed E-state index contributed by atoms with van der Waals surface area (Å²) >= 11 is 0. The van der Waals surface area contributed by atoms with Crippen LogP contribution in [0.25, 0.3) is 0 Å². The predicted octanol–water partition coefficient (Wildman–Crippen LogP) is 6.24. The van der Waals surface area contributed by atoms with Gasteiger partial charge in [-0.25, -0.2) is 17.6 Å². The number of halogens is 5. The number of rotatable bonds is 10. The summed E-state index contributed by atoms with van der Waals surface area (Å²) in [5.41, 5.74) is -1.24. The second-order valence-corrected chi connectivity index (χ2v) is 8.29. The van der Waals surface area contributed by atoms with E-state index in [1.807, 2.05) is 6.92 Å². The molecule has 33 heavy (non-hydrogen) atoms. The largest absolute Gasteiger partial charge is 0.491 e. The van der Waals surface area contributed by atoms with Crippen molar-refractivity contribution in [1.29, 1.82) is 0 Å². The van der Waals surface area contributed by atoms with E-state index in [1.54, 1.807) is 6.92 Å². The van der Waals surface area contributed by atoms with Gasteiger partial charge in [0, 0.05) is 6.42 Å². The normalized spacial score (nSPS) is 20.8. The Bertz CT molecular complexity index is 942. The quantitative estimate of drug-likeness (QED) is 0.383. The molecular formula is C25H29F5O3. The van der Waals surface area contributed by atoms with Gasteiger partial charge in [0.25, 0.3) is 0 Å². The zero-order valence-electron chi connectivity index (χ0n) is 18.9. The first-order chi connectivity index (χ1) is 15.8. The summed E-state index contributed by atoms with van der Waals surface area (Å²) < 4.78 is 87.6. The van der Waals surface area contributed by atoms with E-state index in [9.17, 15) is 22.0 Å². The lowest BCUT2D eigenvalue weighted by molar-refractivity contribution is -0.236. The summed E-state index contributed by atoms with van der Waals surface area (Å²) in [7, 11) is 0. The third kappa shape index (κ3) is 6.23. The van der Waals surface area contributed by atoms with Crippen LogP contribution in [-0.4, -0.2) is 31.8 Å². The Morgan fingerprint density at radius 2 is 1.33 bits per heavy atom. The number of aryl methyl sites for hydroxylation is 3. The third-order valence-electron chi connectivity index (χ3n) is 5.74. The van der Waals surface area contributed by atoms with Crippen molar-refractivity contribution in [2.45, 2.75) is 64.3 Å². The highest BCUT2D eigenvalue weighted by Crippen LogP contribution is 2.28. The maximum Gasteiger partial charge on any atom is 0.200 e. The van der Waals surface area contributed by atoms with Gasteiger partial charge < -0.3 is 14.2 Å². The van der Waals surface area contributed by atoms with Crippen LogP contribution >= 0.6 is 0 Å². The fourth-order valence-corrected chi connectivity index (χ4v) is 3.92. The molecule has 0 N–H and O–H groups in total. The van der Waals surface area contributed by atoms with E-state index in [0.717, 1.165) is 0 Å². The molecule has 0 amide bonds. The summed E-state index contributed by atoms with van der Waals surface area (Å²) in [6.45, 7) is 3.57. The fraction of sp³-hybridized carbons (Fsp3) is 0.520. The van der Waals surface area contributed by atoms with Crippen molar-refractivity contribution in [3.63, 3.8) is 0 Å². The molecule has 1 aliphatic heterocycles. The van der Waals surface area contributed by atoms with Gasteiger partial charge in [-0.15, -0.1) is 0 Å². The van der Waals surface area contributed by atoms with Crippen LogP contribution in [0.2, 0.25) is 0 Å². The van der Waals surface area contributed by atoms with E-state index < -0.39 is 35.2 Å².